The Hall–Kier alpha value is -1.85. The van der Waals surface area contributed by atoms with E-state index in [2.05, 4.69) is 4.98 Å². The number of rotatable bonds is 2. The Morgan fingerprint density at radius 2 is 2.05 bits per heavy atom. The standard InChI is InChI=1S/C14H10ClFN2OS/c1-19-13-5-3-2-4-11(13)18-12-6-8(15)9(16)7-10(12)17-14(18)20/h2-7H,1H3,(H,17,20). The predicted molar refractivity (Wildman–Crippen MR) is 80.0 cm³/mol. The summed E-state index contributed by atoms with van der Waals surface area (Å²) in [5.74, 6) is 0.188. The van der Waals surface area contributed by atoms with Crippen LogP contribution in [0.25, 0.3) is 16.7 Å². The maximum absolute atomic E-state index is 13.5. The van der Waals surface area contributed by atoms with Crippen molar-refractivity contribution in [2.45, 2.75) is 0 Å². The molecule has 1 N–H and O–H groups in total. The molecule has 0 radical (unpaired) electrons. The zero-order chi connectivity index (χ0) is 14.3. The van der Waals surface area contributed by atoms with Gasteiger partial charge in [0.15, 0.2) is 4.77 Å². The van der Waals surface area contributed by atoms with Crippen LogP contribution in [0.15, 0.2) is 36.4 Å². The maximum atomic E-state index is 13.5. The number of hydrogen-bond donors (Lipinski definition) is 1. The van der Waals surface area contributed by atoms with Gasteiger partial charge in [0, 0.05) is 6.07 Å². The summed E-state index contributed by atoms with van der Waals surface area (Å²) in [6.45, 7) is 0. The van der Waals surface area contributed by atoms with Crippen molar-refractivity contribution in [3.63, 3.8) is 0 Å². The lowest BCUT2D eigenvalue weighted by molar-refractivity contribution is 0.413. The largest absolute Gasteiger partial charge is 0.495 e. The lowest BCUT2D eigenvalue weighted by Gasteiger charge is -2.10. The van der Waals surface area contributed by atoms with Crippen molar-refractivity contribution < 1.29 is 9.13 Å². The van der Waals surface area contributed by atoms with Gasteiger partial charge >= 0.3 is 0 Å². The monoisotopic (exact) mass is 308 g/mol. The van der Waals surface area contributed by atoms with E-state index in [1.807, 2.05) is 24.3 Å². The van der Waals surface area contributed by atoms with E-state index >= 15 is 0 Å². The Balaban J connectivity index is 2.39. The Labute approximate surface area is 124 Å². The van der Waals surface area contributed by atoms with E-state index in [0.717, 1.165) is 5.69 Å². The normalized spacial score (nSPS) is 10.9. The molecule has 3 aromatic rings. The third kappa shape index (κ3) is 1.99. The third-order valence-corrected chi connectivity index (χ3v) is 3.62. The maximum Gasteiger partial charge on any atom is 0.182 e. The number of H-pyrrole nitrogens is 1. The smallest absolute Gasteiger partial charge is 0.182 e. The molecule has 0 amide bonds. The molecule has 0 aliphatic rings. The highest BCUT2D eigenvalue weighted by Gasteiger charge is 2.13. The summed E-state index contributed by atoms with van der Waals surface area (Å²) < 4.78 is 21.1. The SMILES string of the molecule is COc1ccccc1-n1c(=S)[nH]c2cc(F)c(Cl)cc21. The molecule has 3 nitrogen and oxygen atoms in total. The van der Waals surface area contributed by atoms with Crippen LogP contribution in [0, 0.1) is 10.6 Å². The fraction of sp³-hybridized carbons (Fsp3) is 0.0714. The average Bonchev–Trinajstić information content (AvgIpc) is 2.74. The zero-order valence-electron chi connectivity index (χ0n) is 10.5. The van der Waals surface area contributed by atoms with Gasteiger partial charge in [-0.15, -0.1) is 0 Å². The molecule has 0 bridgehead atoms. The first-order valence-corrected chi connectivity index (χ1v) is 6.63. The van der Waals surface area contributed by atoms with Gasteiger partial charge < -0.3 is 9.72 Å². The second-order valence-corrected chi connectivity index (χ2v) is 5.01. The number of halogens is 2. The summed E-state index contributed by atoms with van der Waals surface area (Å²) in [6.07, 6.45) is 0. The minimum absolute atomic E-state index is 0.0511. The van der Waals surface area contributed by atoms with Crippen molar-refractivity contribution in [2.24, 2.45) is 0 Å². The molecular weight excluding hydrogens is 299 g/mol. The van der Waals surface area contributed by atoms with Crippen LogP contribution in [0.4, 0.5) is 4.39 Å². The van der Waals surface area contributed by atoms with Gasteiger partial charge in [0.1, 0.15) is 11.6 Å². The molecule has 0 aliphatic heterocycles. The number of nitrogens with one attached hydrogen (secondary N) is 1. The Morgan fingerprint density at radius 3 is 2.80 bits per heavy atom. The molecule has 0 unspecified atom stereocenters. The van der Waals surface area contributed by atoms with Crippen LogP contribution in [0.5, 0.6) is 5.75 Å². The number of para-hydroxylation sites is 2. The topological polar surface area (TPSA) is 29.9 Å². The third-order valence-electron chi connectivity index (χ3n) is 3.05. The first-order chi connectivity index (χ1) is 9.61. The van der Waals surface area contributed by atoms with Crippen LogP contribution >= 0.6 is 23.8 Å². The van der Waals surface area contributed by atoms with Crippen LogP contribution in [0.2, 0.25) is 5.02 Å². The highest BCUT2D eigenvalue weighted by Crippen LogP contribution is 2.29. The van der Waals surface area contributed by atoms with Crippen LogP contribution in [-0.2, 0) is 0 Å². The number of fused-ring (bicyclic) bond motifs is 1. The fourth-order valence-electron chi connectivity index (χ4n) is 2.16. The summed E-state index contributed by atoms with van der Waals surface area (Å²) in [4.78, 5) is 2.97. The van der Waals surface area contributed by atoms with Crippen LogP contribution in [-0.4, -0.2) is 16.7 Å². The number of aromatic amines is 1. The van der Waals surface area contributed by atoms with Crippen LogP contribution in [0.3, 0.4) is 0 Å². The van der Waals surface area contributed by atoms with E-state index in [0.29, 0.717) is 21.6 Å². The molecule has 6 heteroatoms. The molecule has 1 heterocycles. The number of nitrogens with zero attached hydrogens (tertiary/aromatic N) is 1. The molecule has 0 saturated heterocycles. The molecular formula is C14H10ClFN2OS. The molecule has 0 fully saturated rings. The van der Waals surface area contributed by atoms with Gasteiger partial charge in [-0.05, 0) is 30.4 Å². The Morgan fingerprint density at radius 1 is 1.30 bits per heavy atom. The van der Waals surface area contributed by atoms with Gasteiger partial charge in [-0.25, -0.2) is 4.39 Å². The summed E-state index contributed by atoms with van der Waals surface area (Å²) in [7, 11) is 1.59. The van der Waals surface area contributed by atoms with Gasteiger partial charge in [0.05, 0.1) is 28.9 Å². The minimum Gasteiger partial charge on any atom is -0.495 e. The number of benzene rings is 2. The van der Waals surface area contributed by atoms with Crippen molar-refractivity contribution in [1.82, 2.24) is 9.55 Å². The van der Waals surface area contributed by atoms with Gasteiger partial charge in [-0.3, -0.25) is 4.57 Å². The van der Waals surface area contributed by atoms with E-state index in [9.17, 15) is 4.39 Å². The molecule has 20 heavy (non-hydrogen) atoms. The van der Waals surface area contributed by atoms with Gasteiger partial charge in [0.25, 0.3) is 0 Å². The van der Waals surface area contributed by atoms with Gasteiger partial charge in [-0.1, -0.05) is 23.7 Å². The highest BCUT2D eigenvalue weighted by atomic mass is 35.5. The molecule has 2 aromatic carbocycles. The summed E-state index contributed by atoms with van der Waals surface area (Å²) in [5, 5.41) is 0.0511. The van der Waals surface area contributed by atoms with Gasteiger partial charge in [0.2, 0.25) is 0 Å². The Kier molecular flexibility index (Phi) is 3.23. The zero-order valence-corrected chi connectivity index (χ0v) is 12.1. The van der Waals surface area contributed by atoms with Crippen LogP contribution < -0.4 is 4.74 Å². The number of imidazole rings is 1. The second kappa shape index (κ2) is 4.92. The molecule has 1 aromatic heterocycles. The van der Waals surface area contributed by atoms with Crippen molar-refractivity contribution in [3.8, 4) is 11.4 Å². The molecule has 0 saturated carbocycles. The van der Waals surface area contributed by atoms with Crippen molar-refractivity contribution in [2.75, 3.05) is 7.11 Å². The minimum atomic E-state index is -0.484. The summed E-state index contributed by atoms with van der Waals surface area (Å²) >= 11 is 11.2. The fourth-order valence-corrected chi connectivity index (χ4v) is 2.62. The lowest BCUT2D eigenvalue weighted by atomic mass is 10.2. The number of ether oxygens (including phenoxy) is 1. The molecule has 0 spiro atoms. The Bertz CT molecular complexity index is 856. The van der Waals surface area contributed by atoms with E-state index < -0.39 is 5.82 Å². The first-order valence-electron chi connectivity index (χ1n) is 5.85. The van der Waals surface area contributed by atoms with Crippen molar-refractivity contribution in [1.29, 1.82) is 0 Å². The molecule has 0 aliphatic carbocycles. The lowest BCUT2D eigenvalue weighted by Crippen LogP contribution is -1.97. The van der Waals surface area contributed by atoms with E-state index in [1.165, 1.54) is 6.07 Å². The van der Waals surface area contributed by atoms with E-state index in [-0.39, 0.29) is 5.02 Å². The highest BCUT2D eigenvalue weighted by molar-refractivity contribution is 7.71. The van der Waals surface area contributed by atoms with Crippen LogP contribution in [0.1, 0.15) is 0 Å². The molecule has 3 rings (SSSR count). The second-order valence-electron chi connectivity index (χ2n) is 4.22. The quantitative estimate of drug-likeness (QED) is 0.707. The first kappa shape index (κ1) is 13.1. The van der Waals surface area contributed by atoms with Crippen molar-refractivity contribution in [3.05, 3.63) is 52.0 Å². The number of aromatic nitrogens is 2. The molecule has 0 atom stereocenters. The summed E-state index contributed by atoms with van der Waals surface area (Å²) in [6, 6.07) is 10.3. The average molecular weight is 309 g/mol. The summed E-state index contributed by atoms with van der Waals surface area (Å²) in [5.41, 5.74) is 2.06. The van der Waals surface area contributed by atoms with Crippen molar-refractivity contribution >= 4 is 34.9 Å². The number of hydrogen-bond acceptors (Lipinski definition) is 2. The van der Waals surface area contributed by atoms with E-state index in [1.54, 1.807) is 17.7 Å². The van der Waals surface area contributed by atoms with Gasteiger partial charge in [-0.2, -0.15) is 0 Å². The molecule has 102 valence electrons. The number of methoxy groups -OCH3 is 1. The predicted octanol–water partition coefficient (Wildman–Crippen LogP) is 4.49. The van der Waals surface area contributed by atoms with E-state index in [4.69, 9.17) is 28.6 Å².